The third-order valence-electron chi connectivity index (χ3n) is 3.30. The number of carbonyl (C=O) groups is 2. The van der Waals surface area contributed by atoms with Gasteiger partial charge < -0.3 is 15.5 Å². The molecule has 0 saturated carbocycles. The normalized spacial score (nSPS) is 9.77. The van der Waals surface area contributed by atoms with Crippen LogP contribution in [0.25, 0.3) is 0 Å². The van der Waals surface area contributed by atoms with Crippen LogP contribution >= 0.6 is 12.4 Å². The van der Waals surface area contributed by atoms with E-state index in [0.717, 1.165) is 18.7 Å². The fourth-order valence-electron chi connectivity index (χ4n) is 2.04. The molecule has 0 fully saturated rings. The lowest BCUT2D eigenvalue weighted by Gasteiger charge is -2.18. The first kappa shape index (κ1) is 20.4. The van der Waals surface area contributed by atoms with Gasteiger partial charge in [-0.15, -0.1) is 12.4 Å². The SMILES string of the molecule is CCN(CC)C(=O)c1ccc(NC(=O)CCCNC)cc1.Cl. The number of amides is 2. The highest BCUT2D eigenvalue weighted by atomic mass is 35.5. The molecule has 6 heteroatoms. The molecule has 0 heterocycles. The van der Waals surface area contributed by atoms with E-state index < -0.39 is 0 Å². The number of carbonyl (C=O) groups excluding carboxylic acids is 2. The molecule has 0 atom stereocenters. The Morgan fingerprint density at radius 1 is 1.09 bits per heavy atom. The third kappa shape index (κ3) is 6.45. The zero-order chi connectivity index (χ0) is 15.7. The van der Waals surface area contributed by atoms with Crippen LogP contribution in [0.2, 0.25) is 0 Å². The number of benzene rings is 1. The first-order chi connectivity index (χ1) is 10.1. The van der Waals surface area contributed by atoms with Gasteiger partial charge in [-0.2, -0.15) is 0 Å². The van der Waals surface area contributed by atoms with Crippen molar-refractivity contribution in [3.8, 4) is 0 Å². The summed E-state index contributed by atoms with van der Waals surface area (Å²) < 4.78 is 0. The highest BCUT2D eigenvalue weighted by molar-refractivity contribution is 5.95. The Balaban J connectivity index is 0.00000441. The average molecular weight is 328 g/mol. The van der Waals surface area contributed by atoms with E-state index in [0.29, 0.717) is 25.1 Å². The quantitative estimate of drug-likeness (QED) is 0.721. The first-order valence-electron chi connectivity index (χ1n) is 7.46. The maximum atomic E-state index is 12.1. The van der Waals surface area contributed by atoms with Crippen molar-refractivity contribution in [1.82, 2.24) is 10.2 Å². The van der Waals surface area contributed by atoms with Gasteiger partial charge in [-0.3, -0.25) is 9.59 Å². The summed E-state index contributed by atoms with van der Waals surface area (Å²) in [4.78, 5) is 25.6. The summed E-state index contributed by atoms with van der Waals surface area (Å²) in [5, 5.41) is 5.84. The van der Waals surface area contributed by atoms with Crippen LogP contribution in [0.15, 0.2) is 24.3 Å². The highest BCUT2D eigenvalue weighted by Gasteiger charge is 2.12. The van der Waals surface area contributed by atoms with Gasteiger partial charge >= 0.3 is 0 Å². The molecule has 22 heavy (non-hydrogen) atoms. The van der Waals surface area contributed by atoms with Crippen LogP contribution in [0.1, 0.15) is 37.0 Å². The summed E-state index contributed by atoms with van der Waals surface area (Å²) in [7, 11) is 1.86. The van der Waals surface area contributed by atoms with Gasteiger partial charge in [0.1, 0.15) is 0 Å². The van der Waals surface area contributed by atoms with Crippen molar-refractivity contribution in [2.75, 3.05) is 32.0 Å². The summed E-state index contributed by atoms with van der Waals surface area (Å²) in [6.07, 6.45) is 1.29. The molecule has 0 bridgehead atoms. The average Bonchev–Trinajstić information content (AvgIpc) is 2.49. The third-order valence-corrected chi connectivity index (χ3v) is 3.30. The molecule has 0 spiro atoms. The van der Waals surface area contributed by atoms with Crippen LogP contribution in [-0.4, -0.2) is 43.4 Å². The number of nitrogens with one attached hydrogen (secondary N) is 2. The Kier molecular flexibility index (Phi) is 10.2. The first-order valence-corrected chi connectivity index (χ1v) is 7.46. The molecule has 0 aliphatic heterocycles. The van der Waals surface area contributed by atoms with Gasteiger partial charge in [-0.05, 0) is 58.1 Å². The molecule has 2 amide bonds. The number of nitrogens with zero attached hydrogens (tertiary/aromatic N) is 1. The Bertz CT molecular complexity index is 459. The van der Waals surface area contributed by atoms with E-state index in [1.807, 2.05) is 20.9 Å². The van der Waals surface area contributed by atoms with E-state index in [4.69, 9.17) is 0 Å². The highest BCUT2D eigenvalue weighted by Crippen LogP contribution is 2.12. The second kappa shape index (κ2) is 11.0. The summed E-state index contributed by atoms with van der Waals surface area (Å²) in [6.45, 7) is 6.13. The molecule has 0 radical (unpaired) electrons. The molecular formula is C16H26ClN3O2. The van der Waals surface area contributed by atoms with Gasteiger partial charge in [0.2, 0.25) is 5.91 Å². The van der Waals surface area contributed by atoms with E-state index in [2.05, 4.69) is 10.6 Å². The molecule has 0 saturated heterocycles. The Morgan fingerprint density at radius 3 is 2.18 bits per heavy atom. The molecule has 1 aromatic carbocycles. The summed E-state index contributed by atoms with van der Waals surface area (Å²) >= 11 is 0. The molecule has 2 N–H and O–H groups in total. The van der Waals surface area contributed by atoms with Crippen LogP contribution in [-0.2, 0) is 4.79 Å². The van der Waals surface area contributed by atoms with E-state index in [1.54, 1.807) is 29.2 Å². The monoisotopic (exact) mass is 327 g/mol. The molecule has 0 aromatic heterocycles. The maximum Gasteiger partial charge on any atom is 0.253 e. The fourth-order valence-corrected chi connectivity index (χ4v) is 2.04. The van der Waals surface area contributed by atoms with Crippen LogP contribution in [0.4, 0.5) is 5.69 Å². The van der Waals surface area contributed by atoms with Crippen LogP contribution in [0.5, 0.6) is 0 Å². The lowest BCUT2D eigenvalue weighted by Crippen LogP contribution is -2.30. The topological polar surface area (TPSA) is 61.4 Å². The largest absolute Gasteiger partial charge is 0.339 e. The zero-order valence-electron chi connectivity index (χ0n) is 13.5. The van der Waals surface area contributed by atoms with Gasteiger partial charge in [0.05, 0.1) is 0 Å². The van der Waals surface area contributed by atoms with E-state index >= 15 is 0 Å². The lowest BCUT2D eigenvalue weighted by atomic mass is 10.1. The van der Waals surface area contributed by atoms with Crippen LogP contribution in [0, 0.1) is 0 Å². The van der Waals surface area contributed by atoms with E-state index in [-0.39, 0.29) is 24.2 Å². The molecule has 124 valence electrons. The number of hydrogen-bond acceptors (Lipinski definition) is 3. The van der Waals surface area contributed by atoms with Gasteiger partial charge in [0.25, 0.3) is 5.91 Å². The van der Waals surface area contributed by atoms with E-state index in [9.17, 15) is 9.59 Å². The van der Waals surface area contributed by atoms with Gasteiger partial charge in [-0.25, -0.2) is 0 Å². The smallest absolute Gasteiger partial charge is 0.253 e. The lowest BCUT2D eigenvalue weighted by molar-refractivity contribution is -0.116. The van der Waals surface area contributed by atoms with E-state index in [1.165, 1.54) is 0 Å². The van der Waals surface area contributed by atoms with Crippen molar-refractivity contribution >= 4 is 29.9 Å². The minimum absolute atomic E-state index is 0. The molecule has 1 aromatic rings. The number of anilines is 1. The van der Waals surface area contributed by atoms with Crippen LogP contribution in [0.3, 0.4) is 0 Å². The number of hydrogen-bond donors (Lipinski definition) is 2. The summed E-state index contributed by atoms with van der Waals surface area (Å²) in [5.74, 6) is 0.0139. The molecule has 0 aliphatic carbocycles. The van der Waals surface area contributed by atoms with Crippen molar-refractivity contribution in [1.29, 1.82) is 0 Å². The van der Waals surface area contributed by atoms with Crippen molar-refractivity contribution in [2.45, 2.75) is 26.7 Å². The predicted molar refractivity (Wildman–Crippen MR) is 92.7 cm³/mol. The zero-order valence-corrected chi connectivity index (χ0v) is 14.3. The van der Waals surface area contributed by atoms with Gasteiger partial charge in [0, 0.05) is 30.8 Å². The predicted octanol–water partition coefficient (Wildman–Crippen LogP) is 2.53. The Morgan fingerprint density at radius 2 is 1.68 bits per heavy atom. The van der Waals surface area contributed by atoms with Gasteiger partial charge in [0.15, 0.2) is 0 Å². The van der Waals surface area contributed by atoms with Crippen LogP contribution < -0.4 is 10.6 Å². The molecule has 0 unspecified atom stereocenters. The second-order valence-corrected chi connectivity index (χ2v) is 4.81. The second-order valence-electron chi connectivity index (χ2n) is 4.81. The molecule has 0 aliphatic rings. The van der Waals surface area contributed by atoms with Gasteiger partial charge in [-0.1, -0.05) is 0 Å². The Hall–Kier alpha value is -1.59. The van der Waals surface area contributed by atoms with Crippen molar-refractivity contribution < 1.29 is 9.59 Å². The molecule has 5 nitrogen and oxygen atoms in total. The minimum Gasteiger partial charge on any atom is -0.339 e. The summed E-state index contributed by atoms with van der Waals surface area (Å²) in [5.41, 5.74) is 1.37. The van der Waals surface area contributed by atoms with Crippen molar-refractivity contribution in [2.24, 2.45) is 0 Å². The summed E-state index contributed by atoms with van der Waals surface area (Å²) in [6, 6.07) is 7.05. The minimum atomic E-state index is -0.00642. The number of rotatable bonds is 8. The molecule has 1 rings (SSSR count). The fraction of sp³-hybridized carbons (Fsp3) is 0.500. The standard InChI is InChI=1S/C16H25N3O2.ClH/c1-4-19(5-2)16(21)13-8-10-14(11-9-13)18-15(20)7-6-12-17-3;/h8-11,17H,4-7,12H2,1-3H3,(H,18,20);1H. The van der Waals surface area contributed by atoms with Crippen molar-refractivity contribution in [3.63, 3.8) is 0 Å². The van der Waals surface area contributed by atoms with Crippen molar-refractivity contribution in [3.05, 3.63) is 29.8 Å². The number of halogens is 1. The molecular weight excluding hydrogens is 302 g/mol. The maximum absolute atomic E-state index is 12.1. The Labute approximate surface area is 138 Å².